The topological polar surface area (TPSA) is 150 Å². The van der Waals surface area contributed by atoms with Gasteiger partial charge < -0.3 is 35.0 Å². The predicted molar refractivity (Wildman–Crippen MR) is 173 cm³/mol. The number of piperazine rings is 1. The van der Waals surface area contributed by atoms with Crippen LogP contribution in [0.2, 0.25) is 0 Å². The highest BCUT2D eigenvalue weighted by atomic mass is 79.9. The first-order chi connectivity index (χ1) is 21.3. The van der Waals surface area contributed by atoms with Gasteiger partial charge in [0.15, 0.2) is 5.13 Å². The van der Waals surface area contributed by atoms with E-state index in [1.165, 1.54) is 42.7 Å². The van der Waals surface area contributed by atoms with Crippen LogP contribution in [0.4, 0.5) is 9.93 Å². The first-order valence-electron chi connectivity index (χ1n) is 14.0. The summed E-state index contributed by atoms with van der Waals surface area (Å²) in [7, 11) is 1.21. The molecule has 1 aliphatic heterocycles. The smallest absolute Gasteiger partial charge is 0.410 e. The summed E-state index contributed by atoms with van der Waals surface area (Å²) in [5.74, 6) is -1.63. The Bertz CT molecular complexity index is 1610. The third kappa shape index (κ3) is 9.28. The fourth-order valence-electron chi connectivity index (χ4n) is 4.28. The van der Waals surface area contributed by atoms with E-state index in [0.29, 0.717) is 47.0 Å². The molecule has 3 aromatic rings. The van der Waals surface area contributed by atoms with E-state index < -0.39 is 17.5 Å². The molecule has 4 rings (SSSR count). The molecule has 1 fully saturated rings. The summed E-state index contributed by atoms with van der Waals surface area (Å²) in [6.45, 7) is 7.79. The zero-order valence-corrected chi connectivity index (χ0v) is 27.7. The number of nitrogens with one attached hydrogen (secondary N) is 2. The number of halogens is 1. The Morgan fingerprint density at radius 3 is 2.44 bits per heavy atom. The number of phenols is 1. The minimum absolute atomic E-state index is 0.102. The molecule has 1 aliphatic rings. The number of nitrogens with zero attached hydrogens (tertiary/aromatic N) is 3. The van der Waals surface area contributed by atoms with Crippen LogP contribution in [0, 0.1) is 0 Å². The summed E-state index contributed by atoms with van der Waals surface area (Å²) < 4.78 is 10.7. The van der Waals surface area contributed by atoms with Gasteiger partial charge in [-0.3, -0.25) is 9.59 Å². The highest BCUT2D eigenvalue weighted by molar-refractivity contribution is 9.10. The summed E-state index contributed by atoms with van der Waals surface area (Å²) in [5.41, 5.74) is 0.995. The second kappa shape index (κ2) is 14.6. The lowest BCUT2D eigenvalue weighted by atomic mass is 10.1. The third-order valence-electron chi connectivity index (χ3n) is 6.50. The maximum atomic E-state index is 13.2. The van der Waals surface area contributed by atoms with Crippen molar-refractivity contribution in [3.05, 3.63) is 80.4 Å². The lowest BCUT2D eigenvalue weighted by Gasteiger charge is -2.35. The Labute approximate surface area is 273 Å². The fraction of sp³-hybridized carbons (Fsp3) is 0.323. The van der Waals surface area contributed by atoms with Gasteiger partial charge in [0.05, 0.1) is 18.4 Å². The molecule has 1 aromatic heterocycles. The van der Waals surface area contributed by atoms with Crippen LogP contribution in [0.15, 0.2) is 58.0 Å². The molecule has 2 aromatic carbocycles. The van der Waals surface area contributed by atoms with Gasteiger partial charge in [-0.1, -0.05) is 12.1 Å². The van der Waals surface area contributed by atoms with E-state index >= 15 is 0 Å². The standard InChI is InChI=1S/C31H34BrN5O7S/c1-31(2,3)44-30(42)37-12-10-36(11-13-37)29-34-21(18-45-29)16-25(28(41)43-4)35-27(40)23-9-8-20(15-24(23)32)26(39)33-17-19-6-5-7-22(38)14-19/h5-9,14-16,18,38H,10-13,17H2,1-4H3,(H,33,39)(H,35,40). The third-order valence-corrected chi connectivity index (χ3v) is 8.07. The first-order valence-corrected chi connectivity index (χ1v) is 15.7. The Hall–Kier alpha value is -4.43. The van der Waals surface area contributed by atoms with Crippen molar-refractivity contribution in [2.24, 2.45) is 0 Å². The number of esters is 1. The summed E-state index contributed by atoms with van der Waals surface area (Å²) in [6, 6.07) is 11.0. The van der Waals surface area contributed by atoms with E-state index in [4.69, 9.17) is 9.47 Å². The van der Waals surface area contributed by atoms with Crippen molar-refractivity contribution in [1.82, 2.24) is 20.5 Å². The maximum absolute atomic E-state index is 13.2. The van der Waals surface area contributed by atoms with Crippen molar-refractivity contribution >= 4 is 62.4 Å². The lowest BCUT2D eigenvalue weighted by molar-refractivity contribution is -0.136. The van der Waals surface area contributed by atoms with Gasteiger partial charge in [0.2, 0.25) is 0 Å². The molecule has 45 heavy (non-hydrogen) atoms. The number of carbonyl (C=O) groups is 4. The molecule has 0 radical (unpaired) electrons. The van der Waals surface area contributed by atoms with Crippen LogP contribution in [0.1, 0.15) is 52.7 Å². The molecule has 3 N–H and O–H groups in total. The van der Waals surface area contributed by atoms with Gasteiger partial charge in [-0.2, -0.15) is 0 Å². The number of methoxy groups -OCH3 is 1. The first kappa shape index (κ1) is 33.5. The largest absolute Gasteiger partial charge is 0.508 e. The number of aromatic nitrogens is 1. The number of thiazole rings is 1. The van der Waals surface area contributed by atoms with Crippen molar-refractivity contribution in [2.75, 3.05) is 38.2 Å². The quantitative estimate of drug-likeness (QED) is 0.227. The lowest BCUT2D eigenvalue weighted by Crippen LogP contribution is -2.50. The maximum Gasteiger partial charge on any atom is 0.410 e. The van der Waals surface area contributed by atoms with E-state index in [1.807, 2.05) is 25.7 Å². The Kier molecular flexibility index (Phi) is 10.8. The zero-order chi connectivity index (χ0) is 32.7. The van der Waals surface area contributed by atoms with E-state index in [2.05, 4.69) is 31.5 Å². The summed E-state index contributed by atoms with van der Waals surface area (Å²) in [4.78, 5) is 59.0. The van der Waals surface area contributed by atoms with E-state index in [1.54, 1.807) is 34.5 Å². The van der Waals surface area contributed by atoms with Crippen LogP contribution in [-0.2, 0) is 20.8 Å². The minimum Gasteiger partial charge on any atom is -0.508 e. The number of hydrogen-bond acceptors (Lipinski definition) is 10. The van der Waals surface area contributed by atoms with Gasteiger partial charge in [-0.15, -0.1) is 11.3 Å². The van der Waals surface area contributed by atoms with Crippen LogP contribution in [-0.4, -0.2) is 77.8 Å². The zero-order valence-electron chi connectivity index (χ0n) is 25.3. The van der Waals surface area contributed by atoms with E-state index in [0.717, 1.165) is 5.56 Å². The number of aromatic hydroxyl groups is 1. The molecule has 0 aliphatic carbocycles. The van der Waals surface area contributed by atoms with Gasteiger partial charge in [-0.25, -0.2) is 14.6 Å². The molecule has 0 unspecified atom stereocenters. The minimum atomic E-state index is -0.761. The molecule has 0 spiro atoms. The number of phenolic OH excluding ortho intramolecular Hbond substituents is 1. The van der Waals surface area contributed by atoms with Crippen molar-refractivity contribution < 1.29 is 33.8 Å². The number of benzene rings is 2. The Morgan fingerprint density at radius 1 is 1.07 bits per heavy atom. The molecule has 3 amide bonds. The highest BCUT2D eigenvalue weighted by Gasteiger charge is 2.27. The number of ether oxygens (including phenoxy) is 2. The fourth-order valence-corrected chi connectivity index (χ4v) is 5.67. The van der Waals surface area contributed by atoms with Crippen molar-refractivity contribution in [2.45, 2.75) is 32.9 Å². The normalized spacial score (nSPS) is 13.7. The Morgan fingerprint density at radius 2 is 1.80 bits per heavy atom. The monoisotopic (exact) mass is 699 g/mol. The van der Waals surface area contributed by atoms with Gasteiger partial charge in [-0.05, 0) is 78.7 Å². The molecule has 0 atom stereocenters. The predicted octanol–water partition coefficient (Wildman–Crippen LogP) is 4.54. The molecule has 0 bridgehead atoms. The van der Waals surface area contributed by atoms with Gasteiger partial charge in [0.25, 0.3) is 11.8 Å². The summed E-state index contributed by atoms with van der Waals surface area (Å²) in [6.07, 6.45) is 1.08. The van der Waals surface area contributed by atoms with Crippen LogP contribution in [0.25, 0.3) is 6.08 Å². The number of rotatable bonds is 8. The number of anilines is 1. The second-order valence-corrected chi connectivity index (χ2v) is 12.8. The number of amides is 3. The highest BCUT2D eigenvalue weighted by Crippen LogP contribution is 2.25. The molecule has 12 nitrogen and oxygen atoms in total. The van der Waals surface area contributed by atoms with Gasteiger partial charge in [0, 0.05) is 48.1 Å². The molecule has 0 saturated carbocycles. The van der Waals surface area contributed by atoms with Crippen molar-refractivity contribution in [1.29, 1.82) is 0 Å². The van der Waals surface area contributed by atoms with E-state index in [-0.39, 0.29) is 35.6 Å². The second-order valence-electron chi connectivity index (χ2n) is 11.1. The van der Waals surface area contributed by atoms with E-state index in [9.17, 15) is 24.3 Å². The average molecular weight is 701 g/mol. The molecular formula is C31H34BrN5O7S. The molecule has 2 heterocycles. The molecule has 1 saturated heterocycles. The number of carbonyl (C=O) groups excluding carboxylic acids is 4. The van der Waals surface area contributed by atoms with Crippen LogP contribution in [0.3, 0.4) is 0 Å². The van der Waals surface area contributed by atoms with Crippen LogP contribution in [0.5, 0.6) is 5.75 Å². The summed E-state index contributed by atoms with van der Waals surface area (Å²) in [5, 5.41) is 17.4. The van der Waals surface area contributed by atoms with Gasteiger partial charge in [0.1, 0.15) is 17.0 Å². The van der Waals surface area contributed by atoms with Crippen LogP contribution < -0.4 is 15.5 Å². The van der Waals surface area contributed by atoms with Crippen molar-refractivity contribution in [3.8, 4) is 5.75 Å². The Balaban J connectivity index is 1.39. The molecule has 238 valence electrons. The SMILES string of the molecule is COC(=O)C(=Cc1csc(N2CCN(C(=O)OC(C)(C)C)CC2)n1)NC(=O)c1ccc(C(=O)NCc2cccc(O)c2)cc1Br. The van der Waals surface area contributed by atoms with Gasteiger partial charge >= 0.3 is 12.1 Å². The van der Waals surface area contributed by atoms with Crippen molar-refractivity contribution in [3.63, 3.8) is 0 Å². The molecular weight excluding hydrogens is 666 g/mol. The average Bonchev–Trinajstić information content (AvgIpc) is 3.46. The summed E-state index contributed by atoms with van der Waals surface area (Å²) >= 11 is 4.72. The molecule has 14 heteroatoms. The number of hydrogen-bond donors (Lipinski definition) is 3. The van der Waals surface area contributed by atoms with Crippen LogP contribution >= 0.6 is 27.3 Å².